The molecule has 4 nitrogen and oxygen atoms in total. The van der Waals surface area contributed by atoms with Crippen molar-refractivity contribution in [2.45, 2.75) is 13.3 Å². The first-order valence-electron chi connectivity index (χ1n) is 5.36. The number of methoxy groups -OCH3 is 1. The number of rotatable bonds is 4. The van der Waals surface area contributed by atoms with E-state index in [1.807, 2.05) is 6.92 Å². The largest absolute Gasteiger partial charge is 0.495 e. The third kappa shape index (κ3) is 2.37. The highest BCUT2D eigenvalue weighted by Crippen LogP contribution is 2.27. The van der Waals surface area contributed by atoms with E-state index in [-0.39, 0.29) is 5.78 Å². The molecular weight excluding hydrogens is 272 g/mol. The van der Waals surface area contributed by atoms with E-state index in [9.17, 15) is 4.79 Å². The van der Waals surface area contributed by atoms with Crippen molar-refractivity contribution in [2.75, 3.05) is 7.11 Å². The summed E-state index contributed by atoms with van der Waals surface area (Å²) in [5, 5.41) is 4.41. The molecule has 2 rings (SSSR count). The van der Waals surface area contributed by atoms with Crippen LogP contribution in [0.3, 0.4) is 0 Å². The van der Waals surface area contributed by atoms with Crippen molar-refractivity contribution in [3.8, 4) is 5.75 Å². The molecular formula is C12H11ClN2O2S. The number of nitrogens with zero attached hydrogens (tertiary/aromatic N) is 2. The molecule has 6 heteroatoms. The smallest absolute Gasteiger partial charge is 0.206 e. The zero-order chi connectivity index (χ0) is 13.1. The Kier molecular flexibility index (Phi) is 3.93. The third-order valence-electron chi connectivity index (χ3n) is 2.51. The maximum atomic E-state index is 12.3. The van der Waals surface area contributed by atoms with Crippen molar-refractivity contribution < 1.29 is 9.53 Å². The van der Waals surface area contributed by atoms with E-state index in [0.717, 1.165) is 17.2 Å². The fourth-order valence-electron chi connectivity index (χ4n) is 1.54. The number of halogens is 1. The van der Waals surface area contributed by atoms with Crippen LogP contribution in [0.2, 0.25) is 5.02 Å². The van der Waals surface area contributed by atoms with Crippen molar-refractivity contribution in [3.05, 3.63) is 39.4 Å². The number of benzene rings is 1. The van der Waals surface area contributed by atoms with E-state index in [0.29, 0.717) is 27.6 Å². The van der Waals surface area contributed by atoms with Gasteiger partial charge in [0.15, 0.2) is 0 Å². The van der Waals surface area contributed by atoms with Gasteiger partial charge in [0, 0.05) is 5.56 Å². The van der Waals surface area contributed by atoms with Crippen molar-refractivity contribution in [1.29, 1.82) is 0 Å². The summed E-state index contributed by atoms with van der Waals surface area (Å²) < 4.78 is 8.91. The highest BCUT2D eigenvalue weighted by atomic mass is 35.5. The molecule has 0 aliphatic heterocycles. The number of carbonyl (C=O) groups excluding carboxylic acids is 1. The second kappa shape index (κ2) is 5.46. The number of carbonyl (C=O) groups is 1. The Balaban J connectivity index is 2.40. The fraction of sp³-hybridized carbons (Fsp3) is 0.250. The molecule has 2 aromatic rings. The van der Waals surface area contributed by atoms with Gasteiger partial charge in [-0.25, -0.2) is 0 Å². The van der Waals surface area contributed by atoms with Gasteiger partial charge < -0.3 is 4.74 Å². The highest BCUT2D eigenvalue weighted by Gasteiger charge is 2.18. The van der Waals surface area contributed by atoms with Gasteiger partial charge in [0.25, 0.3) is 0 Å². The van der Waals surface area contributed by atoms with Crippen LogP contribution in [-0.4, -0.2) is 22.5 Å². The van der Waals surface area contributed by atoms with Gasteiger partial charge >= 0.3 is 0 Å². The van der Waals surface area contributed by atoms with Crippen LogP contribution in [0.4, 0.5) is 0 Å². The van der Waals surface area contributed by atoms with Gasteiger partial charge in [-0.05, 0) is 36.2 Å². The predicted octanol–water partition coefficient (Wildman–Crippen LogP) is 2.99. The van der Waals surface area contributed by atoms with E-state index < -0.39 is 0 Å². The maximum absolute atomic E-state index is 12.3. The van der Waals surface area contributed by atoms with Crippen LogP contribution < -0.4 is 4.74 Å². The second-order valence-corrected chi connectivity index (χ2v) is 4.74. The molecule has 0 unspecified atom stereocenters. The molecule has 0 aliphatic carbocycles. The summed E-state index contributed by atoms with van der Waals surface area (Å²) in [6.45, 7) is 1.94. The molecule has 0 fully saturated rings. The molecule has 0 spiro atoms. The molecule has 0 saturated heterocycles. The zero-order valence-electron chi connectivity index (χ0n) is 9.94. The first kappa shape index (κ1) is 13.0. The van der Waals surface area contributed by atoms with Crippen LogP contribution in [0.5, 0.6) is 5.75 Å². The molecule has 0 atom stereocenters. The standard InChI is InChI=1S/C12H11ClN2O2S/c1-3-9-12(18-15-14-9)11(16)7-4-5-8(13)10(6-7)17-2/h4-6H,3H2,1-2H3. The van der Waals surface area contributed by atoms with Crippen LogP contribution in [0.25, 0.3) is 0 Å². The van der Waals surface area contributed by atoms with Crippen molar-refractivity contribution >= 4 is 28.9 Å². The monoisotopic (exact) mass is 282 g/mol. The Morgan fingerprint density at radius 3 is 2.94 bits per heavy atom. The molecule has 0 amide bonds. The van der Waals surface area contributed by atoms with Crippen LogP contribution in [-0.2, 0) is 6.42 Å². The van der Waals surface area contributed by atoms with Crippen LogP contribution in [0.15, 0.2) is 18.2 Å². The molecule has 94 valence electrons. The minimum absolute atomic E-state index is 0.100. The summed E-state index contributed by atoms with van der Waals surface area (Å²) in [5.74, 6) is 0.384. The Hall–Kier alpha value is -1.46. The zero-order valence-corrected chi connectivity index (χ0v) is 11.5. The van der Waals surface area contributed by atoms with Gasteiger partial charge in [-0.15, -0.1) is 5.10 Å². The molecule has 1 aromatic carbocycles. The Bertz CT molecular complexity index is 583. The SMILES string of the molecule is CCc1nnsc1C(=O)c1ccc(Cl)c(OC)c1. The first-order valence-corrected chi connectivity index (χ1v) is 6.52. The molecule has 0 N–H and O–H groups in total. The van der Waals surface area contributed by atoms with E-state index >= 15 is 0 Å². The fourth-order valence-corrected chi connectivity index (χ4v) is 2.45. The van der Waals surface area contributed by atoms with Crippen LogP contribution in [0, 0.1) is 0 Å². The summed E-state index contributed by atoms with van der Waals surface area (Å²) in [6, 6.07) is 4.95. The molecule has 0 aliphatic rings. The van der Waals surface area contributed by atoms with Crippen molar-refractivity contribution in [2.24, 2.45) is 0 Å². The van der Waals surface area contributed by atoms with E-state index in [2.05, 4.69) is 9.59 Å². The number of hydrogen-bond donors (Lipinski definition) is 0. The van der Waals surface area contributed by atoms with Gasteiger partial charge in [-0.1, -0.05) is 23.0 Å². The molecule has 0 saturated carbocycles. The predicted molar refractivity (Wildman–Crippen MR) is 70.7 cm³/mol. The van der Waals surface area contributed by atoms with Gasteiger partial charge in [0.1, 0.15) is 10.6 Å². The highest BCUT2D eigenvalue weighted by molar-refractivity contribution is 7.08. The quantitative estimate of drug-likeness (QED) is 0.809. The Morgan fingerprint density at radius 2 is 2.28 bits per heavy atom. The van der Waals surface area contributed by atoms with Crippen LogP contribution >= 0.6 is 23.1 Å². The lowest BCUT2D eigenvalue weighted by Gasteiger charge is -2.05. The lowest BCUT2D eigenvalue weighted by atomic mass is 10.1. The topological polar surface area (TPSA) is 52.1 Å². The maximum Gasteiger partial charge on any atom is 0.206 e. The van der Waals surface area contributed by atoms with Gasteiger partial charge in [0.05, 0.1) is 17.8 Å². The minimum atomic E-state index is -0.100. The van der Waals surface area contributed by atoms with E-state index in [1.165, 1.54) is 7.11 Å². The molecule has 1 aromatic heterocycles. The van der Waals surface area contributed by atoms with Crippen molar-refractivity contribution in [3.63, 3.8) is 0 Å². The van der Waals surface area contributed by atoms with Gasteiger partial charge in [0.2, 0.25) is 5.78 Å². The van der Waals surface area contributed by atoms with Gasteiger partial charge in [-0.3, -0.25) is 4.79 Å². The summed E-state index contributed by atoms with van der Waals surface area (Å²) in [6.07, 6.45) is 0.683. The average molecular weight is 283 g/mol. The van der Waals surface area contributed by atoms with Crippen LogP contribution in [0.1, 0.15) is 27.9 Å². The lowest BCUT2D eigenvalue weighted by Crippen LogP contribution is -2.03. The second-order valence-electron chi connectivity index (χ2n) is 3.58. The average Bonchev–Trinajstić information content (AvgIpc) is 2.86. The summed E-state index contributed by atoms with van der Waals surface area (Å²) in [7, 11) is 1.52. The first-order chi connectivity index (χ1) is 8.67. The third-order valence-corrected chi connectivity index (χ3v) is 3.59. The van der Waals surface area contributed by atoms with Gasteiger partial charge in [-0.2, -0.15) is 0 Å². The molecule has 0 radical (unpaired) electrons. The minimum Gasteiger partial charge on any atom is -0.495 e. The number of aryl methyl sites for hydroxylation is 1. The molecule has 1 heterocycles. The number of ether oxygens (including phenoxy) is 1. The summed E-state index contributed by atoms with van der Waals surface area (Å²) >= 11 is 7.04. The Morgan fingerprint density at radius 1 is 1.50 bits per heavy atom. The Labute approximate surface area is 114 Å². The van der Waals surface area contributed by atoms with Crippen molar-refractivity contribution in [1.82, 2.24) is 9.59 Å². The summed E-state index contributed by atoms with van der Waals surface area (Å²) in [5.41, 5.74) is 1.25. The number of ketones is 1. The van der Waals surface area contributed by atoms with E-state index in [4.69, 9.17) is 16.3 Å². The molecule has 0 bridgehead atoms. The number of hydrogen-bond acceptors (Lipinski definition) is 5. The normalized spacial score (nSPS) is 10.4. The summed E-state index contributed by atoms with van der Waals surface area (Å²) in [4.78, 5) is 12.9. The van der Waals surface area contributed by atoms with E-state index in [1.54, 1.807) is 18.2 Å². The number of aromatic nitrogens is 2. The molecule has 18 heavy (non-hydrogen) atoms. The lowest BCUT2D eigenvalue weighted by molar-refractivity contribution is 0.104.